The lowest BCUT2D eigenvalue weighted by Gasteiger charge is -2.18. The number of hydrogen-bond acceptors (Lipinski definition) is 4. The number of halogens is 2. The zero-order valence-electron chi connectivity index (χ0n) is 13.2. The second-order valence-corrected chi connectivity index (χ2v) is 5.73. The third-order valence-electron chi connectivity index (χ3n) is 3.30. The third-order valence-corrected chi connectivity index (χ3v) is 4.04. The number of rotatable bonds is 5. The number of benzene rings is 1. The Morgan fingerprint density at radius 1 is 1.13 bits per heavy atom. The van der Waals surface area contributed by atoms with Gasteiger partial charge < -0.3 is 10.2 Å². The smallest absolute Gasteiger partial charge is 0.272 e. The Hall–Kier alpha value is -1.85. The number of nitrogens with one attached hydrogen (secondary N) is 1. The molecule has 0 saturated carbocycles. The molecule has 1 N–H and O–H groups in total. The summed E-state index contributed by atoms with van der Waals surface area (Å²) in [5.41, 5.74) is 1.10. The second-order valence-electron chi connectivity index (χ2n) is 4.92. The monoisotopic (exact) mass is 352 g/mol. The first-order valence-corrected chi connectivity index (χ1v) is 8.07. The van der Waals surface area contributed by atoms with Gasteiger partial charge in [-0.05, 0) is 39.0 Å². The molecule has 2 rings (SSSR count). The van der Waals surface area contributed by atoms with E-state index in [2.05, 4.69) is 15.3 Å². The van der Waals surface area contributed by atoms with Crippen molar-refractivity contribution in [2.75, 3.05) is 18.4 Å². The van der Waals surface area contributed by atoms with E-state index in [4.69, 9.17) is 23.2 Å². The van der Waals surface area contributed by atoms with Gasteiger partial charge in [0.2, 0.25) is 0 Å². The van der Waals surface area contributed by atoms with Crippen LogP contribution in [-0.2, 0) is 0 Å². The zero-order chi connectivity index (χ0) is 17.0. The summed E-state index contributed by atoms with van der Waals surface area (Å²) in [5.74, 6) is 0.939. The lowest BCUT2D eigenvalue weighted by Crippen LogP contribution is -2.31. The first kappa shape index (κ1) is 17.5. The molecular formula is C16H18Cl2N4O. The van der Waals surface area contributed by atoms with E-state index in [-0.39, 0.29) is 5.91 Å². The molecule has 0 fully saturated rings. The third kappa shape index (κ3) is 4.33. The number of aromatic nitrogens is 2. The minimum atomic E-state index is -0.113. The summed E-state index contributed by atoms with van der Waals surface area (Å²) in [6.07, 6.45) is 0. The maximum atomic E-state index is 12.4. The number of nitrogens with zero attached hydrogens (tertiary/aromatic N) is 3. The highest BCUT2D eigenvalue weighted by atomic mass is 35.5. The number of carbonyl (C=O) groups excluding carboxylic acids is 1. The molecule has 1 amide bonds. The second kappa shape index (κ2) is 7.62. The number of carbonyl (C=O) groups is 1. The van der Waals surface area contributed by atoms with E-state index in [1.807, 2.05) is 13.8 Å². The van der Waals surface area contributed by atoms with Gasteiger partial charge >= 0.3 is 0 Å². The average Bonchev–Trinajstić information content (AvgIpc) is 2.51. The van der Waals surface area contributed by atoms with Gasteiger partial charge in [0.15, 0.2) is 0 Å². The fourth-order valence-electron chi connectivity index (χ4n) is 2.14. The Bertz CT molecular complexity index is 717. The van der Waals surface area contributed by atoms with Crippen LogP contribution in [-0.4, -0.2) is 33.9 Å². The van der Waals surface area contributed by atoms with Crippen LogP contribution in [0.25, 0.3) is 0 Å². The summed E-state index contributed by atoms with van der Waals surface area (Å²) < 4.78 is 0. The molecule has 1 heterocycles. The quantitative estimate of drug-likeness (QED) is 0.870. The van der Waals surface area contributed by atoms with Gasteiger partial charge in [-0.1, -0.05) is 23.2 Å². The fraction of sp³-hybridized carbons (Fsp3) is 0.312. The Labute approximate surface area is 145 Å². The van der Waals surface area contributed by atoms with Crippen LogP contribution in [0.4, 0.5) is 11.5 Å². The van der Waals surface area contributed by atoms with Crippen LogP contribution >= 0.6 is 23.2 Å². The van der Waals surface area contributed by atoms with Gasteiger partial charge in [0.25, 0.3) is 5.91 Å². The molecule has 0 spiro atoms. The molecule has 122 valence electrons. The van der Waals surface area contributed by atoms with Crippen LogP contribution in [0.2, 0.25) is 10.0 Å². The standard InChI is InChI=1S/C16H18Cl2N4O/c1-4-22(5-2)16(23)14-9-15(20-10(3)19-14)21-11-6-7-12(17)13(18)8-11/h6-9H,4-5H2,1-3H3,(H,19,20,21). The summed E-state index contributed by atoms with van der Waals surface area (Å²) in [4.78, 5) is 22.7. The molecule has 7 heteroatoms. The van der Waals surface area contributed by atoms with Crippen LogP contribution in [0.5, 0.6) is 0 Å². The first-order chi connectivity index (χ1) is 10.9. The van der Waals surface area contributed by atoms with Crippen molar-refractivity contribution in [3.8, 4) is 0 Å². The molecule has 0 bridgehead atoms. The summed E-state index contributed by atoms with van der Waals surface area (Å²) in [6.45, 7) is 6.88. The van der Waals surface area contributed by atoms with Crippen LogP contribution < -0.4 is 5.32 Å². The van der Waals surface area contributed by atoms with Gasteiger partial charge in [-0.25, -0.2) is 9.97 Å². The summed E-state index contributed by atoms with van der Waals surface area (Å²) in [5, 5.41) is 4.04. The highest BCUT2D eigenvalue weighted by molar-refractivity contribution is 6.42. The molecule has 0 unspecified atom stereocenters. The molecule has 5 nitrogen and oxygen atoms in total. The number of hydrogen-bond donors (Lipinski definition) is 1. The molecule has 2 aromatic rings. The van der Waals surface area contributed by atoms with E-state index in [0.29, 0.717) is 40.5 Å². The van der Waals surface area contributed by atoms with E-state index in [1.165, 1.54) is 0 Å². The van der Waals surface area contributed by atoms with Crippen molar-refractivity contribution in [3.05, 3.63) is 45.8 Å². The SMILES string of the molecule is CCN(CC)C(=O)c1cc(Nc2ccc(Cl)c(Cl)c2)nc(C)n1. The largest absolute Gasteiger partial charge is 0.340 e. The van der Waals surface area contributed by atoms with E-state index in [9.17, 15) is 4.79 Å². The average molecular weight is 353 g/mol. The minimum Gasteiger partial charge on any atom is -0.340 e. The maximum absolute atomic E-state index is 12.4. The Morgan fingerprint density at radius 3 is 2.43 bits per heavy atom. The highest BCUT2D eigenvalue weighted by Gasteiger charge is 2.16. The van der Waals surface area contributed by atoms with Crippen molar-refractivity contribution in [1.29, 1.82) is 0 Å². The van der Waals surface area contributed by atoms with E-state index in [0.717, 1.165) is 5.69 Å². The summed E-state index contributed by atoms with van der Waals surface area (Å²) in [6, 6.07) is 6.82. The first-order valence-electron chi connectivity index (χ1n) is 7.31. The van der Waals surface area contributed by atoms with Crippen molar-refractivity contribution in [1.82, 2.24) is 14.9 Å². The molecule has 0 radical (unpaired) electrons. The Balaban J connectivity index is 2.29. The topological polar surface area (TPSA) is 58.1 Å². The van der Waals surface area contributed by atoms with Gasteiger partial charge in [-0.3, -0.25) is 4.79 Å². The number of amides is 1. The van der Waals surface area contributed by atoms with Crippen LogP contribution in [0, 0.1) is 6.92 Å². The van der Waals surface area contributed by atoms with E-state index >= 15 is 0 Å². The van der Waals surface area contributed by atoms with E-state index in [1.54, 1.807) is 36.1 Å². The van der Waals surface area contributed by atoms with E-state index < -0.39 is 0 Å². The van der Waals surface area contributed by atoms with Crippen molar-refractivity contribution in [2.24, 2.45) is 0 Å². The van der Waals surface area contributed by atoms with Crippen LogP contribution in [0.15, 0.2) is 24.3 Å². The lowest BCUT2D eigenvalue weighted by atomic mass is 10.3. The van der Waals surface area contributed by atoms with Crippen molar-refractivity contribution < 1.29 is 4.79 Å². The predicted octanol–water partition coefficient (Wildman–Crippen LogP) is 4.32. The van der Waals surface area contributed by atoms with Gasteiger partial charge in [0.1, 0.15) is 17.3 Å². The normalized spacial score (nSPS) is 10.5. The number of aryl methyl sites for hydroxylation is 1. The van der Waals surface area contributed by atoms with Gasteiger partial charge in [-0.15, -0.1) is 0 Å². The van der Waals surface area contributed by atoms with Crippen molar-refractivity contribution >= 4 is 40.6 Å². The minimum absolute atomic E-state index is 0.113. The van der Waals surface area contributed by atoms with Gasteiger partial charge in [-0.2, -0.15) is 0 Å². The Kier molecular flexibility index (Phi) is 5.80. The van der Waals surface area contributed by atoms with Crippen LogP contribution in [0.3, 0.4) is 0 Å². The maximum Gasteiger partial charge on any atom is 0.272 e. The predicted molar refractivity (Wildman–Crippen MR) is 93.8 cm³/mol. The number of anilines is 2. The molecule has 0 aliphatic heterocycles. The summed E-state index contributed by atoms with van der Waals surface area (Å²) >= 11 is 11.9. The molecular weight excluding hydrogens is 335 g/mol. The van der Waals surface area contributed by atoms with Gasteiger partial charge in [0, 0.05) is 24.8 Å². The molecule has 1 aromatic heterocycles. The lowest BCUT2D eigenvalue weighted by molar-refractivity contribution is 0.0766. The highest BCUT2D eigenvalue weighted by Crippen LogP contribution is 2.26. The van der Waals surface area contributed by atoms with Gasteiger partial charge in [0.05, 0.1) is 10.0 Å². The molecule has 0 aliphatic carbocycles. The van der Waals surface area contributed by atoms with Crippen molar-refractivity contribution in [3.63, 3.8) is 0 Å². The summed E-state index contributed by atoms with van der Waals surface area (Å²) in [7, 11) is 0. The molecule has 0 atom stereocenters. The Morgan fingerprint density at radius 2 is 1.83 bits per heavy atom. The molecule has 0 saturated heterocycles. The molecule has 0 aliphatic rings. The zero-order valence-corrected chi connectivity index (χ0v) is 14.7. The molecule has 1 aromatic carbocycles. The van der Waals surface area contributed by atoms with Crippen molar-refractivity contribution in [2.45, 2.75) is 20.8 Å². The fourth-order valence-corrected chi connectivity index (χ4v) is 2.43. The van der Waals surface area contributed by atoms with Crippen LogP contribution in [0.1, 0.15) is 30.2 Å². The molecule has 23 heavy (non-hydrogen) atoms.